The summed E-state index contributed by atoms with van der Waals surface area (Å²) in [5.74, 6) is 0.674. The van der Waals surface area contributed by atoms with Gasteiger partial charge in [0.15, 0.2) is 0 Å². The molecule has 1 amide bonds. The molecule has 1 fully saturated rings. The Morgan fingerprint density at radius 3 is 2.62 bits per heavy atom. The Hall–Kier alpha value is -2.10. The summed E-state index contributed by atoms with van der Waals surface area (Å²) >= 11 is 0. The van der Waals surface area contributed by atoms with E-state index in [0.29, 0.717) is 12.5 Å². The monoisotopic (exact) mass is 283 g/mol. The van der Waals surface area contributed by atoms with Crippen LogP contribution >= 0.6 is 0 Å². The highest BCUT2D eigenvalue weighted by Gasteiger charge is 2.15. The highest BCUT2D eigenvalue weighted by atomic mass is 16.1. The van der Waals surface area contributed by atoms with Crippen molar-refractivity contribution < 1.29 is 4.79 Å². The number of aromatic nitrogens is 2. The van der Waals surface area contributed by atoms with Gasteiger partial charge in [-0.15, -0.1) is 0 Å². The molecule has 0 radical (unpaired) electrons. The molecule has 1 saturated carbocycles. The molecule has 0 atom stereocenters. The normalized spacial score (nSPS) is 15.8. The zero-order valence-electron chi connectivity index (χ0n) is 12.2. The van der Waals surface area contributed by atoms with E-state index in [2.05, 4.69) is 22.4 Å². The number of carbonyl (C=O) groups excluding carboxylic acids is 1. The smallest absolute Gasteiger partial charge is 0.244 e. The molecule has 110 valence electrons. The van der Waals surface area contributed by atoms with Crippen molar-refractivity contribution in [2.24, 2.45) is 0 Å². The van der Waals surface area contributed by atoms with Crippen LogP contribution in [0, 0.1) is 0 Å². The zero-order valence-corrected chi connectivity index (χ0v) is 12.2. The lowest BCUT2D eigenvalue weighted by molar-refractivity contribution is -0.116. The summed E-state index contributed by atoms with van der Waals surface area (Å²) in [6, 6.07) is 8.33. The minimum Gasteiger partial charge on any atom is -0.328 e. The molecule has 0 unspecified atom stereocenters. The van der Waals surface area contributed by atoms with Gasteiger partial charge < -0.3 is 9.88 Å². The standard InChI is InChI=1S/C17H21N3O/c21-17(12-20-11-10-18-13-20)19-16-8-6-15(7-9-16)14-4-2-1-3-5-14/h6-11,13-14H,1-5,12H2,(H,19,21). The minimum absolute atomic E-state index is 0.0292. The third-order valence-electron chi connectivity index (χ3n) is 4.16. The topological polar surface area (TPSA) is 46.9 Å². The minimum atomic E-state index is -0.0292. The van der Waals surface area contributed by atoms with Gasteiger partial charge in [0.1, 0.15) is 6.54 Å². The summed E-state index contributed by atoms with van der Waals surface area (Å²) in [4.78, 5) is 15.8. The molecule has 0 spiro atoms. The van der Waals surface area contributed by atoms with Crippen molar-refractivity contribution in [3.05, 3.63) is 48.5 Å². The molecule has 1 aromatic heterocycles. The first-order valence-electron chi connectivity index (χ1n) is 7.67. The molecular weight excluding hydrogens is 262 g/mol. The van der Waals surface area contributed by atoms with Crippen molar-refractivity contribution in [3.8, 4) is 0 Å². The SMILES string of the molecule is O=C(Cn1ccnc1)Nc1ccc(C2CCCCC2)cc1. The average molecular weight is 283 g/mol. The van der Waals surface area contributed by atoms with Crippen LogP contribution in [0.4, 0.5) is 5.69 Å². The summed E-state index contributed by atoms with van der Waals surface area (Å²) in [7, 11) is 0. The molecule has 1 N–H and O–H groups in total. The maximum absolute atomic E-state index is 11.9. The number of nitrogens with zero attached hydrogens (tertiary/aromatic N) is 2. The second-order valence-corrected chi connectivity index (χ2v) is 5.74. The number of hydrogen-bond donors (Lipinski definition) is 1. The van der Waals surface area contributed by atoms with E-state index >= 15 is 0 Å². The number of carbonyl (C=O) groups is 1. The van der Waals surface area contributed by atoms with Gasteiger partial charge in [0.25, 0.3) is 0 Å². The van der Waals surface area contributed by atoms with Gasteiger partial charge in [0.05, 0.1) is 6.33 Å². The van der Waals surface area contributed by atoms with E-state index < -0.39 is 0 Å². The van der Waals surface area contributed by atoms with E-state index in [1.165, 1.54) is 37.7 Å². The van der Waals surface area contributed by atoms with Crippen LogP contribution in [0.15, 0.2) is 43.0 Å². The summed E-state index contributed by atoms with van der Waals surface area (Å²) in [6.07, 6.45) is 11.8. The summed E-state index contributed by atoms with van der Waals surface area (Å²) < 4.78 is 1.76. The Balaban J connectivity index is 1.57. The van der Waals surface area contributed by atoms with Gasteiger partial charge >= 0.3 is 0 Å². The molecule has 4 heteroatoms. The maximum Gasteiger partial charge on any atom is 0.244 e. The Labute approximate surface area is 125 Å². The second kappa shape index (κ2) is 6.57. The third kappa shape index (κ3) is 3.72. The lowest BCUT2D eigenvalue weighted by Gasteiger charge is -2.22. The first kappa shape index (κ1) is 13.9. The number of hydrogen-bond acceptors (Lipinski definition) is 2. The van der Waals surface area contributed by atoms with Crippen LogP contribution in [-0.2, 0) is 11.3 Å². The molecule has 1 aliphatic rings. The summed E-state index contributed by atoms with van der Waals surface area (Å²) in [5, 5.41) is 2.92. The molecule has 1 aromatic carbocycles. The first-order valence-corrected chi connectivity index (χ1v) is 7.67. The van der Waals surface area contributed by atoms with Crippen LogP contribution in [0.25, 0.3) is 0 Å². The number of benzene rings is 1. The van der Waals surface area contributed by atoms with Gasteiger partial charge in [-0.1, -0.05) is 31.4 Å². The van der Waals surface area contributed by atoms with E-state index in [0.717, 1.165) is 5.69 Å². The van der Waals surface area contributed by atoms with Crippen molar-refractivity contribution in [1.29, 1.82) is 0 Å². The van der Waals surface area contributed by atoms with Crippen LogP contribution in [0.5, 0.6) is 0 Å². The van der Waals surface area contributed by atoms with Crippen LogP contribution < -0.4 is 5.32 Å². The Kier molecular flexibility index (Phi) is 4.34. The van der Waals surface area contributed by atoms with E-state index in [4.69, 9.17) is 0 Å². The quantitative estimate of drug-likeness (QED) is 0.932. The average Bonchev–Trinajstić information content (AvgIpc) is 3.02. The number of anilines is 1. The predicted molar refractivity (Wildman–Crippen MR) is 83.1 cm³/mol. The molecule has 0 aliphatic heterocycles. The number of nitrogens with one attached hydrogen (secondary N) is 1. The Morgan fingerprint density at radius 2 is 1.95 bits per heavy atom. The van der Waals surface area contributed by atoms with Gasteiger partial charge in [0.2, 0.25) is 5.91 Å². The van der Waals surface area contributed by atoms with Crippen molar-refractivity contribution >= 4 is 11.6 Å². The Morgan fingerprint density at radius 1 is 1.19 bits per heavy atom. The lowest BCUT2D eigenvalue weighted by Crippen LogP contribution is -2.17. The summed E-state index contributed by atoms with van der Waals surface area (Å²) in [5.41, 5.74) is 2.27. The fraction of sp³-hybridized carbons (Fsp3) is 0.412. The van der Waals surface area contributed by atoms with Gasteiger partial charge in [-0.25, -0.2) is 4.98 Å². The molecule has 21 heavy (non-hydrogen) atoms. The first-order chi connectivity index (χ1) is 10.3. The molecule has 4 nitrogen and oxygen atoms in total. The van der Waals surface area contributed by atoms with Gasteiger partial charge in [-0.2, -0.15) is 0 Å². The van der Waals surface area contributed by atoms with Gasteiger partial charge in [0, 0.05) is 18.1 Å². The van der Waals surface area contributed by atoms with Crippen LogP contribution in [0.3, 0.4) is 0 Å². The van der Waals surface area contributed by atoms with E-state index in [1.807, 2.05) is 12.1 Å². The van der Waals surface area contributed by atoms with Crippen LogP contribution in [-0.4, -0.2) is 15.5 Å². The second-order valence-electron chi connectivity index (χ2n) is 5.74. The van der Waals surface area contributed by atoms with Crippen molar-refractivity contribution in [2.45, 2.75) is 44.6 Å². The fourth-order valence-corrected chi connectivity index (χ4v) is 3.02. The highest BCUT2D eigenvalue weighted by molar-refractivity contribution is 5.90. The number of imidazole rings is 1. The van der Waals surface area contributed by atoms with E-state index in [-0.39, 0.29) is 5.91 Å². The molecule has 3 rings (SSSR count). The van der Waals surface area contributed by atoms with Crippen molar-refractivity contribution in [3.63, 3.8) is 0 Å². The van der Waals surface area contributed by atoms with E-state index in [9.17, 15) is 4.79 Å². The zero-order chi connectivity index (χ0) is 14.5. The predicted octanol–water partition coefficient (Wildman–Crippen LogP) is 3.57. The molecule has 0 saturated heterocycles. The van der Waals surface area contributed by atoms with E-state index in [1.54, 1.807) is 23.3 Å². The molecule has 1 aliphatic carbocycles. The van der Waals surface area contributed by atoms with Crippen LogP contribution in [0.2, 0.25) is 0 Å². The largest absolute Gasteiger partial charge is 0.328 e. The molecule has 2 aromatic rings. The fourth-order valence-electron chi connectivity index (χ4n) is 3.02. The third-order valence-corrected chi connectivity index (χ3v) is 4.16. The summed E-state index contributed by atoms with van der Waals surface area (Å²) in [6.45, 7) is 0.296. The molecule has 1 heterocycles. The number of amides is 1. The van der Waals surface area contributed by atoms with Crippen LogP contribution in [0.1, 0.15) is 43.6 Å². The Bertz CT molecular complexity index is 569. The van der Waals surface area contributed by atoms with Crippen molar-refractivity contribution in [1.82, 2.24) is 9.55 Å². The molecular formula is C17H21N3O. The highest BCUT2D eigenvalue weighted by Crippen LogP contribution is 2.32. The maximum atomic E-state index is 11.9. The number of rotatable bonds is 4. The van der Waals surface area contributed by atoms with Crippen molar-refractivity contribution in [2.75, 3.05) is 5.32 Å². The van der Waals surface area contributed by atoms with Gasteiger partial charge in [-0.05, 0) is 36.5 Å². The molecule has 0 bridgehead atoms. The van der Waals surface area contributed by atoms with Gasteiger partial charge in [-0.3, -0.25) is 4.79 Å². The lowest BCUT2D eigenvalue weighted by atomic mass is 9.84.